The average Bonchev–Trinajstić information content (AvgIpc) is 2.25. The summed E-state index contributed by atoms with van der Waals surface area (Å²) in [5.41, 5.74) is 2.58. The first-order chi connectivity index (χ1) is 7.80. The van der Waals surface area contributed by atoms with Crippen LogP contribution >= 0.6 is 0 Å². The highest BCUT2D eigenvalue weighted by Gasteiger charge is 2.14. The molecule has 0 saturated heterocycles. The molecule has 3 nitrogen and oxygen atoms in total. The van der Waals surface area contributed by atoms with E-state index >= 15 is 0 Å². The number of benzene rings is 1. The Morgan fingerprint density at radius 3 is 2.24 bits per heavy atom. The van der Waals surface area contributed by atoms with Gasteiger partial charge in [-0.1, -0.05) is 45.1 Å². The molecule has 0 aromatic heterocycles. The van der Waals surface area contributed by atoms with Crippen LogP contribution < -0.4 is 0 Å². The minimum atomic E-state index is -0.377. The van der Waals surface area contributed by atoms with Gasteiger partial charge in [0.1, 0.15) is 0 Å². The van der Waals surface area contributed by atoms with Crippen LogP contribution in [-0.2, 0) is 6.42 Å². The van der Waals surface area contributed by atoms with Gasteiger partial charge in [-0.25, -0.2) is 0 Å². The summed E-state index contributed by atoms with van der Waals surface area (Å²) in [6.45, 7) is 10.5. The number of non-ortho nitro benzene ring substituents is 1. The SMILES string of the molecule is C=C(CCc1ccc([N+](=O)[O-])cc1)C(C)(C)C. The third-order valence-corrected chi connectivity index (χ3v) is 2.92. The molecule has 0 fully saturated rings. The van der Waals surface area contributed by atoms with Crippen molar-refractivity contribution in [1.82, 2.24) is 0 Å². The van der Waals surface area contributed by atoms with Crippen molar-refractivity contribution >= 4 is 5.69 Å². The Hall–Kier alpha value is -1.64. The normalized spacial score (nSPS) is 11.2. The molecule has 0 atom stereocenters. The maximum absolute atomic E-state index is 10.5. The summed E-state index contributed by atoms with van der Waals surface area (Å²) in [6, 6.07) is 6.73. The zero-order chi connectivity index (χ0) is 13.1. The first kappa shape index (κ1) is 13.4. The van der Waals surface area contributed by atoms with Crippen LogP contribution in [0.2, 0.25) is 0 Å². The number of nitro groups is 1. The molecule has 0 radical (unpaired) electrons. The quantitative estimate of drug-likeness (QED) is 0.446. The summed E-state index contributed by atoms with van der Waals surface area (Å²) >= 11 is 0. The highest BCUT2D eigenvalue weighted by molar-refractivity contribution is 5.33. The molecule has 1 aromatic rings. The van der Waals surface area contributed by atoms with Crippen molar-refractivity contribution in [1.29, 1.82) is 0 Å². The van der Waals surface area contributed by atoms with Crippen molar-refractivity contribution in [3.05, 3.63) is 52.1 Å². The zero-order valence-corrected chi connectivity index (χ0v) is 10.7. The molecule has 0 unspecified atom stereocenters. The van der Waals surface area contributed by atoms with E-state index in [-0.39, 0.29) is 16.0 Å². The lowest BCUT2D eigenvalue weighted by molar-refractivity contribution is -0.384. The Labute approximate surface area is 102 Å². The topological polar surface area (TPSA) is 43.1 Å². The van der Waals surface area contributed by atoms with E-state index in [0.29, 0.717) is 0 Å². The van der Waals surface area contributed by atoms with Crippen molar-refractivity contribution in [3.8, 4) is 0 Å². The predicted molar refractivity (Wildman–Crippen MR) is 70.0 cm³/mol. The van der Waals surface area contributed by atoms with Crippen molar-refractivity contribution in [2.75, 3.05) is 0 Å². The second-order valence-electron chi connectivity index (χ2n) is 5.28. The standard InChI is InChI=1S/C14H19NO2/c1-11(14(2,3)4)5-6-12-7-9-13(10-8-12)15(16)17/h7-10H,1,5-6H2,2-4H3. The van der Waals surface area contributed by atoms with Crippen molar-refractivity contribution in [2.45, 2.75) is 33.6 Å². The second kappa shape index (κ2) is 5.13. The Morgan fingerprint density at radius 2 is 1.82 bits per heavy atom. The minimum absolute atomic E-state index is 0.126. The lowest BCUT2D eigenvalue weighted by Crippen LogP contribution is -2.09. The van der Waals surface area contributed by atoms with E-state index in [2.05, 4.69) is 27.4 Å². The highest BCUT2D eigenvalue weighted by atomic mass is 16.6. The molecule has 0 bridgehead atoms. The fraction of sp³-hybridized carbons (Fsp3) is 0.429. The maximum Gasteiger partial charge on any atom is 0.269 e. The van der Waals surface area contributed by atoms with Gasteiger partial charge in [0, 0.05) is 12.1 Å². The first-order valence-electron chi connectivity index (χ1n) is 5.72. The van der Waals surface area contributed by atoms with Gasteiger partial charge in [-0.05, 0) is 23.8 Å². The van der Waals surface area contributed by atoms with Gasteiger partial charge in [-0.2, -0.15) is 0 Å². The minimum Gasteiger partial charge on any atom is -0.258 e. The van der Waals surface area contributed by atoms with Crippen LogP contribution in [0.15, 0.2) is 36.4 Å². The summed E-state index contributed by atoms with van der Waals surface area (Å²) in [5.74, 6) is 0. The summed E-state index contributed by atoms with van der Waals surface area (Å²) < 4.78 is 0. The molecule has 0 spiro atoms. The van der Waals surface area contributed by atoms with E-state index in [0.717, 1.165) is 18.4 Å². The van der Waals surface area contributed by atoms with Crippen LogP contribution in [-0.4, -0.2) is 4.92 Å². The summed E-state index contributed by atoms with van der Waals surface area (Å²) in [4.78, 5) is 10.1. The molecule has 0 heterocycles. The van der Waals surface area contributed by atoms with Crippen LogP contribution in [0, 0.1) is 15.5 Å². The Bertz CT molecular complexity index is 413. The van der Waals surface area contributed by atoms with Gasteiger partial charge >= 0.3 is 0 Å². The average molecular weight is 233 g/mol. The highest BCUT2D eigenvalue weighted by Crippen LogP contribution is 2.27. The van der Waals surface area contributed by atoms with Gasteiger partial charge in [0.2, 0.25) is 0 Å². The molecule has 1 aromatic carbocycles. The number of nitro benzene ring substituents is 1. The Morgan fingerprint density at radius 1 is 1.29 bits per heavy atom. The lowest BCUT2D eigenvalue weighted by atomic mass is 9.84. The molecule has 3 heteroatoms. The number of allylic oxidation sites excluding steroid dienone is 1. The summed E-state index contributed by atoms with van der Waals surface area (Å²) in [7, 11) is 0. The molecular formula is C14H19NO2. The van der Waals surface area contributed by atoms with E-state index in [1.165, 1.54) is 5.57 Å². The fourth-order valence-electron chi connectivity index (χ4n) is 1.45. The predicted octanol–water partition coefficient (Wildman–Crippen LogP) is 4.13. The second-order valence-corrected chi connectivity index (χ2v) is 5.28. The monoisotopic (exact) mass is 233 g/mol. The fourth-order valence-corrected chi connectivity index (χ4v) is 1.45. The molecule has 0 amide bonds. The smallest absolute Gasteiger partial charge is 0.258 e. The van der Waals surface area contributed by atoms with Crippen LogP contribution in [0.4, 0.5) is 5.69 Å². The molecule has 0 saturated carbocycles. The Balaban J connectivity index is 2.59. The van der Waals surface area contributed by atoms with Crippen LogP contribution in [0.5, 0.6) is 0 Å². The number of nitrogens with zero attached hydrogens (tertiary/aromatic N) is 1. The molecular weight excluding hydrogens is 214 g/mol. The lowest BCUT2D eigenvalue weighted by Gasteiger charge is -2.21. The Kier molecular flexibility index (Phi) is 4.05. The third-order valence-electron chi connectivity index (χ3n) is 2.92. The van der Waals surface area contributed by atoms with Gasteiger partial charge in [0.15, 0.2) is 0 Å². The number of hydrogen-bond acceptors (Lipinski definition) is 2. The summed E-state index contributed by atoms with van der Waals surface area (Å²) in [6.07, 6.45) is 1.80. The van der Waals surface area contributed by atoms with E-state index in [1.807, 2.05) is 12.1 Å². The van der Waals surface area contributed by atoms with E-state index in [1.54, 1.807) is 12.1 Å². The van der Waals surface area contributed by atoms with Gasteiger partial charge in [-0.3, -0.25) is 10.1 Å². The van der Waals surface area contributed by atoms with Gasteiger partial charge in [0.05, 0.1) is 4.92 Å². The molecule has 0 aliphatic heterocycles. The molecule has 92 valence electrons. The van der Waals surface area contributed by atoms with Gasteiger partial charge in [-0.15, -0.1) is 0 Å². The van der Waals surface area contributed by atoms with Crippen LogP contribution in [0.3, 0.4) is 0 Å². The van der Waals surface area contributed by atoms with Crippen molar-refractivity contribution in [2.24, 2.45) is 5.41 Å². The number of aryl methyl sites for hydroxylation is 1. The third kappa shape index (κ3) is 4.02. The molecule has 0 aliphatic carbocycles. The zero-order valence-electron chi connectivity index (χ0n) is 10.7. The van der Waals surface area contributed by atoms with E-state index in [9.17, 15) is 10.1 Å². The number of rotatable bonds is 4. The first-order valence-corrected chi connectivity index (χ1v) is 5.72. The maximum atomic E-state index is 10.5. The molecule has 17 heavy (non-hydrogen) atoms. The van der Waals surface area contributed by atoms with E-state index < -0.39 is 0 Å². The van der Waals surface area contributed by atoms with E-state index in [4.69, 9.17) is 0 Å². The van der Waals surface area contributed by atoms with Gasteiger partial charge < -0.3 is 0 Å². The molecule has 1 rings (SSSR count). The molecule has 0 aliphatic rings. The number of hydrogen-bond donors (Lipinski definition) is 0. The van der Waals surface area contributed by atoms with Crippen molar-refractivity contribution in [3.63, 3.8) is 0 Å². The molecule has 0 N–H and O–H groups in total. The van der Waals surface area contributed by atoms with Gasteiger partial charge in [0.25, 0.3) is 5.69 Å². The van der Waals surface area contributed by atoms with Crippen molar-refractivity contribution < 1.29 is 4.92 Å². The van der Waals surface area contributed by atoms with Crippen LogP contribution in [0.25, 0.3) is 0 Å². The van der Waals surface area contributed by atoms with Crippen LogP contribution in [0.1, 0.15) is 32.8 Å². The summed E-state index contributed by atoms with van der Waals surface area (Å²) in [5, 5.41) is 10.5. The largest absolute Gasteiger partial charge is 0.269 e.